The first-order valence-electron chi connectivity index (χ1n) is 9.99. The van der Waals surface area contributed by atoms with Crippen LogP contribution in [0.25, 0.3) is 0 Å². The van der Waals surface area contributed by atoms with Gasteiger partial charge in [-0.15, -0.1) is 0 Å². The van der Waals surface area contributed by atoms with Gasteiger partial charge in [-0.2, -0.15) is 0 Å². The van der Waals surface area contributed by atoms with E-state index in [1.807, 2.05) is 16.7 Å². The summed E-state index contributed by atoms with van der Waals surface area (Å²) in [4.78, 5) is 46.3. The van der Waals surface area contributed by atoms with Gasteiger partial charge in [-0.25, -0.2) is 18.7 Å². The zero-order chi connectivity index (χ0) is 22.1. The molecule has 3 heterocycles. The van der Waals surface area contributed by atoms with Gasteiger partial charge in [0.05, 0.1) is 11.5 Å². The van der Waals surface area contributed by atoms with Crippen LogP contribution in [-0.4, -0.2) is 53.7 Å². The molecule has 8 nitrogen and oxygen atoms in total. The third kappa shape index (κ3) is 4.10. The number of piperidine rings is 1. The van der Waals surface area contributed by atoms with Crippen molar-refractivity contribution in [2.45, 2.75) is 31.7 Å². The normalized spacial score (nSPS) is 21.8. The van der Waals surface area contributed by atoms with Crippen molar-refractivity contribution in [1.29, 1.82) is 0 Å². The number of hydrogen-bond donors (Lipinski definition) is 1. The summed E-state index contributed by atoms with van der Waals surface area (Å²) in [5, 5.41) is 2.14. The molecule has 2 amide bonds. The number of amides is 2. The van der Waals surface area contributed by atoms with Crippen molar-refractivity contribution >= 4 is 29.7 Å². The molecule has 2 aliphatic heterocycles. The molecule has 2 atom stereocenters. The Morgan fingerprint density at radius 1 is 1.13 bits per heavy atom. The van der Waals surface area contributed by atoms with Crippen LogP contribution in [0, 0.1) is 11.6 Å². The molecule has 2 fully saturated rings. The molecule has 0 bridgehead atoms. The van der Waals surface area contributed by atoms with Gasteiger partial charge >= 0.3 is 0 Å². The second-order valence-corrected chi connectivity index (χ2v) is 7.75. The third-order valence-corrected chi connectivity index (χ3v) is 5.69. The Kier molecular flexibility index (Phi) is 5.62. The lowest BCUT2D eigenvalue weighted by Crippen LogP contribution is -2.52. The average molecular weight is 429 g/mol. The van der Waals surface area contributed by atoms with Crippen LogP contribution in [0.2, 0.25) is 0 Å². The highest BCUT2D eigenvalue weighted by atomic mass is 19.1. The minimum Gasteiger partial charge on any atom is -0.365 e. The number of aromatic nitrogens is 2. The molecule has 2 aliphatic rings. The highest BCUT2D eigenvalue weighted by Crippen LogP contribution is 2.33. The molecule has 1 N–H and O–H groups in total. The van der Waals surface area contributed by atoms with E-state index in [0.717, 1.165) is 0 Å². The molecule has 10 heteroatoms. The van der Waals surface area contributed by atoms with Crippen molar-refractivity contribution in [3.8, 4) is 0 Å². The van der Waals surface area contributed by atoms with Crippen LogP contribution < -0.4 is 15.1 Å². The maximum atomic E-state index is 14.9. The van der Waals surface area contributed by atoms with Gasteiger partial charge in [-0.05, 0) is 25.5 Å². The minimum absolute atomic E-state index is 0.0475. The zero-order valence-corrected chi connectivity index (χ0v) is 16.8. The highest BCUT2D eigenvalue weighted by Gasteiger charge is 2.33. The van der Waals surface area contributed by atoms with Gasteiger partial charge < -0.3 is 9.80 Å². The smallest absolute Gasteiger partial charge is 0.234 e. The lowest BCUT2D eigenvalue weighted by molar-refractivity contribution is -0.134. The van der Waals surface area contributed by atoms with E-state index in [1.54, 1.807) is 0 Å². The first-order valence-corrected chi connectivity index (χ1v) is 9.99. The Hall–Kier alpha value is -3.43. The van der Waals surface area contributed by atoms with Gasteiger partial charge in [0.15, 0.2) is 6.29 Å². The maximum absolute atomic E-state index is 14.9. The van der Waals surface area contributed by atoms with Crippen molar-refractivity contribution in [3.63, 3.8) is 0 Å². The van der Waals surface area contributed by atoms with Gasteiger partial charge in [0.1, 0.15) is 11.6 Å². The summed E-state index contributed by atoms with van der Waals surface area (Å²) in [5.74, 6) is -3.24. The van der Waals surface area contributed by atoms with E-state index < -0.39 is 29.4 Å². The topological polar surface area (TPSA) is 95.5 Å². The molecular formula is C21H21F2N5O3. The number of rotatable bonds is 4. The number of carbonyl (C=O) groups excluding carboxylic acids is 3. The number of carbonyl (C=O) groups is 3. The minimum atomic E-state index is -1.02. The van der Waals surface area contributed by atoms with E-state index in [0.29, 0.717) is 43.1 Å². The molecule has 2 saturated heterocycles. The van der Waals surface area contributed by atoms with E-state index in [-0.39, 0.29) is 24.4 Å². The summed E-state index contributed by atoms with van der Waals surface area (Å²) in [7, 11) is 0. The molecular weight excluding hydrogens is 408 g/mol. The predicted molar refractivity (Wildman–Crippen MR) is 108 cm³/mol. The van der Waals surface area contributed by atoms with Gasteiger partial charge in [-0.3, -0.25) is 19.7 Å². The SMILES string of the molecule is C[C@@H]1CN(c2ncc(C=O)cn2)CCN1c1cc(F)c(C2CCC(=O)NC2=O)c(F)c1. The predicted octanol–water partition coefficient (Wildman–Crippen LogP) is 1.80. The highest BCUT2D eigenvalue weighted by molar-refractivity contribution is 6.01. The number of nitrogens with one attached hydrogen (secondary N) is 1. The monoisotopic (exact) mass is 429 g/mol. The van der Waals surface area contributed by atoms with Crippen LogP contribution in [0.3, 0.4) is 0 Å². The lowest BCUT2D eigenvalue weighted by Gasteiger charge is -2.41. The summed E-state index contributed by atoms with van der Waals surface area (Å²) in [6.45, 7) is 3.47. The summed E-state index contributed by atoms with van der Waals surface area (Å²) < 4.78 is 29.7. The van der Waals surface area contributed by atoms with Crippen LogP contribution in [-0.2, 0) is 9.59 Å². The lowest BCUT2D eigenvalue weighted by atomic mass is 9.89. The van der Waals surface area contributed by atoms with E-state index in [2.05, 4.69) is 15.3 Å². The number of nitrogens with zero attached hydrogens (tertiary/aromatic N) is 4. The number of piperazine rings is 1. The van der Waals surface area contributed by atoms with E-state index in [9.17, 15) is 23.2 Å². The fourth-order valence-corrected chi connectivity index (χ4v) is 4.12. The number of hydrogen-bond acceptors (Lipinski definition) is 7. The third-order valence-electron chi connectivity index (χ3n) is 5.69. The van der Waals surface area contributed by atoms with E-state index >= 15 is 0 Å². The van der Waals surface area contributed by atoms with Gasteiger partial charge in [0.25, 0.3) is 0 Å². The Morgan fingerprint density at radius 3 is 2.39 bits per heavy atom. The number of anilines is 2. The molecule has 162 valence electrons. The van der Waals surface area contributed by atoms with Crippen LogP contribution in [0.1, 0.15) is 41.6 Å². The molecule has 4 rings (SSSR count). The second-order valence-electron chi connectivity index (χ2n) is 7.75. The first kappa shape index (κ1) is 20.8. The summed E-state index contributed by atoms with van der Waals surface area (Å²) in [5.41, 5.74) is 0.469. The average Bonchev–Trinajstić information content (AvgIpc) is 2.74. The van der Waals surface area contributed by atoms with Crippen LogP contribution >= 0.6 is 0 Å². The number of halogens is 2. The summed E-state index contributed by atoms with van der Waals surface area (Å²) in [6, 6.07) is 2.39. The summed E-state index contributed by atoms with van der Waals surface area (Å²) in [6.07, 6.45) is 3.70. The molecule has 31 heavy (non-hydrogen) atoms. The molecule has 0 spiro atoms. The fourth-order valence-electron chi connectivity index (χ4n) is 4.12. The Morgan fingerprint density at radius 2 is 1.81 bits per heavy atom. The van der Waals surface area contributed by atoms with Crippen molar-refractivity contribution in [2.75, 3.05) is 29.4 Å². The second kappa shape index (κ2) is 8.37. The van der Waals surface area contributed by atoms with Crippen LogP contribution in [0.4, 0.5) is 20.4 Å². The zero-order valence-electron chi connectivity index (χ0n) is 16.8. The first-order chi connectivity index (χ1) is 14.9. The Bertz CT molecular complexity index is 1010. The van der Waals surface area contributed by atoms with Crippen molar-refractivity contribution in [1.82, 2.24) is 15.3 Å². The molecule has 1 unspecified atom stereocenters. The molecule has 0 aliphatic carbocycles. The number of benzene rings is 1. The van der Waals surface area contributed by atoms with E-state index in [4.69, 9.17) is 0 Å². The fraction of sp³-hybridized carbons (Fsp3) is 0.381. The molecule has 2 aromatic rings. The van der Waals surface area contributed by atoms with Crippen LogP contribution in [0.5, 0.6) is 0 Å². The number of imide groups is 1. The van der Waals surface area contributed by atoms with Crippen molar-refractivity contribution in [3.05, 3.63) is 47.3 Å². The quantitative estimate of drug-likeness (QED) is 0.585. The van der Waals surface area contributed by atoms with Crippen molar-refractivity contribution in [2.24, 2.45) is 0 Å². The molecule has 0 radical (unpaired) electrons. The van der Waals surface area contributed by atoms with E-state index in [1.165, 1.54) is 24.5 Å². The molecule has 1 aromatic carbocycles. The van der Waals surface area contributed by atoms with Gasteiger partial charge in [0.2, 0.25) is 17.8 Å². The standard InChI is InChI=1S/C21H21F2N5O3/c1-12-10-27(21-24-8-13(11-29)9-25-21)4-5-28(12)14-6-16(22)19(17(23)7-14)15-2-3-18(30)26-20(15)31/h6-9,11-12,15H,2-5,10H2,1H3,(H,26,30,31)/t12-,15?/m1/s1. The maximum Gasteiger partial charge on any atom is 0.234 e. The van der Waals surface area contributed by atoms with Crippen molar-refractivity contribution < 1.29 is 23.2 Å². The Balaban J connectivity index is 1.51. The Labute approximate surface area is 177 Å². The largest absolute Gasteiger partial charge is 0.365 e. The van der Waals surface area contributed by atoms with Gasteiger partial charge in [-0.1, -0.05) is 0 Å². The van der Waals surface area contributed by atoms with Crippen LogP contribution in [0.15, 0.2) is 24.5 Å². The number of aldehydes is 1. The molecule has 0 saturated carbocycles. The van der Waals surface area contributed by atoms with Gasteiger partial charge in [0, 0.05) is 55.7 Å². The molecule has 1 aromatic heterocycles. The summed E-state index contributed by atoms with van der Waals surface area (Å²) >= 11 is 0.